The summed E-state index contributed by atoms with van der Waals surface area (Å²) in [5.74, 6) is 0. The van der Waals surface area contributed by atoms with E-state index in [4.69, 9.17) is 0 Å². The molecular formula is C16H28O. The summed E-state index contributed by atoms with van der Waals surface area (Å²) < 4.78 is 0. The fraction of sp³-hybridized carbons (Fsp3) is 0.688. The molecule has 0 aliphatic rings. The molecule has 0 aliphatic carbocycles. The van der Waals surface area contributed by atoms with Crippen LogP contribution in [0.3, 0.4) is 0 Å². The average molecular weight is 236 g/mol. The van der Waals surface area contributed by atoms with Crippen molar-refractivity contribution < 1.29 is 4.79 Å². The number of carbonyl (C=O) groups excluding carboxylic acids is 1. The predicted molar refractivity (Wildman–Crippen MR) is 76.2 cm³/mol. The number of allylic oxidation sites excluding steroid dienone is 4. The minimum atomic E-state index is 0.746. The van der Waals surface area contributed by atoms with E-state index in [2.05, 4.69) is 31.2 Å². The lowest BCUT2D eigenvalue weighted by molar-refractivity contribution is -0.107. The zero-order chi connectivity index (χ0) is 12.6. The van der Waals surface area contributed by atoms with Gasteiger partial charge in [-0.2, -0.15) is 0 Å². The normalized spacial score (nSPS) is 11.6. The van der Waals surface area contributed by atoms with Crippen LogP contribution < -0.4 is 0 Å². The maximum absolute atomic E-state index is 10.1. The molecule has 0 fully saturated rings. The van der Waals surface area contributed by atoms with E-state index in [0.29, 0.717) is 0 Å². The van der Waals surface area contributed by atoms with Crippen molar-refractivity contribution in [3.8, 4) is 0 Å². The number of carbonyl (C=O) groups is 1. The zero-order valence-electron chi connectivity index (χ0n) is 11.4. The minimum absolute atomic E-state index is 0.746. The molecule has 0 saturated heterocycles. The lowest BCUT2D eigenvalue weighted by Gasteiger charge is -1.99. The lowest BCUT2D eigenvalue weighted by Crippen LogP contribution is -1.81. The van der Waals surface area contributed by atoms with Gasteiger partial charge in [-0.05, 0) is 25.7 Å². The molecule has 98 valence electrons. The van der Waals surface area contributed by atoms with Crippen molar-refractivity contribution in [3.05, 3.63) is 24.3 Å². The van der Waals surface area contributed by atoms with E-state index in [0.717, 1.165) is 25.5 Å². The second kappa shape index (κ2) is 15.1. The van der Waals surface area contributed by atoms with Crippen LogP contribution in [0, 0.1) is 0 Å². The molecule has 1 nitrogen and oxygen atoms in total. The molecule has 0 aromatic heterocycles. The van der Waals surface area contributed by atoms with Crippen molar-refractivity contribution in [2.24, 2.45) is 0 Å². The summed E-state index contributed by atoms with van der Waals surface area (Å²) in [6, 6.07) is 0. The van der Waals surface area contributed by atoms with Gasteiger partial charge in [0.25, 0.3) is 0 Å². The van der Waals surface area contributed by atoms with E-state index in [9.17, 15) is 4.79 Å². The highest BCUT2D eigenvalue weighted by Crippen LogP contribution is 2.09. The Balaban J connectivity index is 3.05. The molecule has 1 heteroatoms. The maximum atomic E-state index is 10.1. The summed E-state index contributed by atoms with van der Waals surface area (Å²) in [5, 5.41) is 0. The van der Waals surface area contributed by atoms with Crippen LogP contribution in [0.4, 0.5) is 0 Å². The van der Waals surface area contributed by atoms with Crippen LogP contribution in [0.15, 0.2) is 24.3 Å². The van der Waals surface area contributed by atoms with E-state index < -0.39 is 0 Å². The number of aldehydes is 1. The van der Waals surface area contributed by atoms with Crippen molar-refractivity contribution >= 4 is 6.29 Å². The van der Waals surface area contributed by atoms with Crippen LogP contribution in [-0.2, 0) is 4.79 Å². The molecule has 0 aromatic rings. The van der Waals surface area contributed by atoms with Crippen LogP contribution in [0.25, 0.3) is 0 Å². The van der Waals surface area contributed by atoms with E-state index >= 15 is 0 Å². The third-order valence-corrected chi connectivity index (χ3v) is 2.81. The molecule has 0 atom stereocenters. The van der Waals surface area contributed by atoms with Gasteiger partial charge in [0.1, 0.15) is 6.29 Å². The van der Waals surface area contributed by atoms with E-state index in [-0.39, 0.29) is 0 Å². The number of unbranched alkanes of at least 4 members (excludes halogenated alkanes) is 8. The monoisotopic (exact) mass is 236 g/mol. The molecular weight excluding hydrogens is 208 g/mol. The second-order valence-electron chi connectivity index (χ2n) is 4.48. The van der Waals surface area contributed by atoms with Crippen molar-refractivity contribution in [2.75, 3.05) is 0 Å². The zero-order valence-corrected chi connectivity index (χ0v) is 11.4. The first-order valence-electron chi connectivity index (χ1n) is 7.17. The van der Waals surface area contributed by atoms with Gasteiger partial charge in [-0.3, -0.25) is 0 Å². The molecule has 17 heavy (non-hydrogen) atoms. The van der Waals surface area contributed by atoms with E-state index in [1.165, 1.54) is 44.9 Å². The van der Waals surface area contributed by atoms with Gasteiger partial charge in [-0.1, -0.05) is 63.3 Å². The van der Waals surface area contributed by atoms with Gasteiger partial charge < -0.3 is 4.79 Å². The molecule has 0 N–H and O–H groups in total. The summed E-state index contributed by atoms with van der Waals surface area (Å²) in [5.41, 5.74) is 0. The third kappa shape index (κ3) is 15.1. The number of hydrogen-bond donors (Lipinski definition) is 0. The summed E-state index contributed by atoms with van der Waals surface area (Å²) in [6.45, 7) is 2.15. The fourth-order valence-electron chi connectivity index (χ4n) is 1.76. The predicted octanol–water partition coefficient (Wildman–Crippen LogP) is 5.22. The average Bonchev–Trinajstić information content (AvgIpc) is 2.35. The van der Waals surface area contributed by atoms with Crippen molar-refractivity contribution in [2.45, 2.75) is 71.1 Å². The molecule has 0 saturated carbocycles. The molecule has 0 spiro atoms. The molecule has 0 rings (SSSR count). The quantitative estimate of drug-likeness (QED) is 0.258. The maximum Gasteiger partial charge on any atom is 0.119 e. The van der Waals surface area contributed by atoms with Gasteiger partial charge in [0, 0.05) is 6.42 Å². The Bertz CT molecular complexity index is 204. The Morgan fingerprint density at radius 1 is 0.706 bits per heavy atom. The molecule has 0 unspecified atom stereocenters. The SMILES string of the molecule is CC/C=C/C=C/CCCCCCCCCC=O. The van der Waals surface area contributed by atoms with Crippen LogP contribution in [0.5, 0.6) is 0 Å². The van der Waals surface area contributed by atoms with E-state index in [1.54, 1.807) is 0 Å². The van der Waals surface area contributed by atoms with Gasteiger partial charge in [-0.25, -0.2) is 0 Å². The van der Waals surface area contributed by atoms with Gasteiger partial charge >= 0.3 is 0 Å². The van der Waals surface area contributed by atoms with Crippen LogP contribution in [0.2, 0.25) is 0 Å². The van der Waals surface area contributed by atoms with Gasteiger partial charge in [0.15, 0.2) is 0 Å². The summed E-state index contributed by atoms with van der Waals surface area (Å²) in [6.07, 6.45) is 21.8. The van der Waals surface area contributed by atoms with Crippen molar-refractivity contribution in [1.29, 1.82) is 0 Å². The Morgan fingerprint density at radius 2 is 1.24 bits per heavy atom. The molecule has 0 amide bonds. The van der Waals surface area contributed by atoms with Crippen LogP contribution >= 0.6 is 0 Å². The minimum Gasteiger partial charge on any atom is -0.303 e. The Morgan fingerprint density at radius 3 is 1.82 bits per heavy atom. The molecule has 0 bridgehead atoms. The topological polar surface area (TPSA) is 17.1 Å². The van der Waals surface area contributed by atoms with E-state index in [1.807, 2.05) is 0 Å². The highest BCUT2D eigenvalue weighted by molar-refractivity contribution is 5.48. The van der Waals surface area contributed by atoms with Crippen molar-refractivity contribution in [1.82, 2.24) is 0 Å². The fourth-order valence-corrected chi connectivity index (χ4v) is 1.76. The third-order valence-electron chi connectivity index (χ3n) is 2.81. The highest BCUT2D eigenvalue weighted by atomic mass is 16.1. The summed E-state index contributed by atoms with van der Waals surface area (Å²) in [7, 11) is 0. The standard InChI is InChI=1S/C16H28O/c1-2-3-4-5-6-7-8-9-10-11-12-13-14-15-16-17/h3-6,16H,2,7-15H2,1H3/b4-3+,6-5+. The van der Waals surface area contributed by atoms with Crippen LogP contribution in [0.1, 0.15) is 71.1 Å². The van der Waals surface area contributed by atoms with Crippen LogP contribution in [-0.4, -0.2) is 6.29 Å². The summed E-state index contributed by atoms with van der Waals surface area (Å²) >= 11 is 0. The first-order valence-corrected chi connectivity index (χ1v) is 7.17. The molecule has 0 radical (unpaired) electrons. The largest absolute Gasteiger partial charge is 0.303 e. The Hall–Kier alpha value is -0.850. The molecule has 0 aromatic carbocycles. The van der Waals surface area contributed by atoms with Gasteiger partial charge in [0.2, 0.25) is 0 Å². The van der Waals surface area contributed by atoms with Gasteiger partial charge in [-0.15, -0.1) is 0 Å². The Labute approximate surface area is 107 Å². The number of rotatable bonds is 12. The summed E-state index contributed by atoms with van der Waals surface area (Å²) in [4.78, 5) is 10.1. The number of hydrogen-bond acceptors (Lipinski definition) is 1. The first-order chi connectivity index (χ1) is 8.41. The molecule has 0 aliphatic heterocycles. The van der Waals surface area contributed by atoms with Gasteiger partial charge in [0.05, 0.1) is 0 Å². The first kappa shape index (κ1) is 16.1. The Kier molecular flexibility index (Phi) is 14.4. The van der Waals surface area contributed by atoms with Crippen molar-refractivity contribution in [3.63, 3.8) is 0 Å². The second-order valence-corrected chi connectivity index (χ2v) is 4.48. The lowest BCUT2D eigenvalue weighted by atomic mass is 10.1. The smallest absolute Gasteiger partial charge is 0.119 e. The highest BCUT2D eigenvalue weighted by Gasteiger charge is 1.90. The molecule has 0 heterocycles.